The molecule has 10 nitrogen and oxygen atoms in total. The number of benzene rings is 2. The fourth-order valence-corrected chi connectivity index (χ4v) is 4.98. The first kappa shape index (κ1) is 27.4. The molecule has 13 heteroatoms. The minimum absolute atomic E-state index is 0.000423. The highest BCUT2D eigenvalue weighted by atomic mass is 35.5. The largest absolute Gasteiger partial charge is 0.480 e. The Morgan fingerprint density at radius 2 is 1.78 bits per heavy atom. The highest BCUT2D eigenvalue weighted by Gasteiger charge is 2.37. The Kier molecular flexibility index (Phi) is 9.68. The van der Waals surface area contributed by atoms with Gasteiger partial charge in [0.1, 0.15) is 6.04 Å². The number of carboxylic acids is 1. The van der Waals surface area contributed by atoms with E-state index in [1.807, 2.05) is 0 Å². The van der Waals surface area contributed by atoms with E-state index in [0.717, 1.165) is 0 Å². The van der Waals surface area contributed by atoms with Crippen molar-refractivity contribution in [1.29, 1.82) is 0 Å². The van der Waals surface area contributed by atoms with Gasteiger partial charge >= 0.3 is 18.1 Å². The number of hydrogen-bond acceptors (Lipinski definition) is 6. The van der Waals surface area contributed by atoms with Gasteiger partial charge in [-0.05, 0) is 36.8 Å². The standard InChI is InChI=1S/C23H24Cl2N4O6S/c1-2-35-23(34)29-10-11-36-20(29)19(30)27-17(21(31)32)12-13-6-8-14(9-7-13)26-22(33)28-18-15(24)4-3-5-16(18)25/h3-9,17,20H,2,10-12H2,1H3,(H,27,30)(H,31,32)(H2,26,28,33)/t17-,20?/m0/s1. The highest BCUT2D eigenvalue weighted by molar-refractivity contribution is 8.00. The fourth-order valence-electron chi connectivity index (χ4n) is 3.38. The minimum Gasteiger partial charge on any atom is -0.480 e. The number of thioether (sulfide) groups is 1. The molecule has 1 fully saturated rings. The number of anilines is 2. The van der Waals surface area contributed by atoms with Crippen LogP contribution in [0.4, 0.5) is 21.0 Å². The number of ether oxygens (including phenoxy) is 1. The van der Waals surface area contributed by atoms with Crippen molar-refractivity contribution in [2.24, 2.45) is 0 Å². The molecule has 0 aromatic heterocycles. The van der Waals surface area contributed by atoms with Gasteiger partial charge in [0.2, 0.25) is 0 Å². The zero-order chi connectivity index (χ0) is 26.2. The lowest BCUT2D eigenvalue weighted by molar-refractivity contribution is -0.142. The predicted octanol–water partition coefficient (Wildman–Crippen LogP) is 4.28. The van der Waals surface area contributed by atoms with Gasteiger partial charge in [0.15, 0.2) is 5.37 Å². The summed E-state index contributed by atoms with van der Waals surface area (Å²) >= 11 is 13.3. The minimum atomic E-state index is -1.22. The van der Waals surface area contributed by atoms with Crippen molar-refractivity contribution in [2.75, 3.05) is 29.5 Å². The van der Waals surface area contributed by atoms with E-state index in [4.69, 9.17) is 27.9 Å². The van der Waals surface area contributed by atoms with Crippen molar-refractivity contribution in [3.8, 4) is 0 Å². The summed E-state index contributed by atoms with van der Waals surface area (Å²) < 4.78 is 4.97. The number of aliphatic carboxylic acids is 1. The molecule has 4 N–H and O–H groups in total. The first-order valence-electron chi connectivity index (χ1n) is 10.9. The summed E-state index contributed by atoms with van der Waals surface area (Å²) in [6, 6.07) is 9.52. The summed E-state index contributed by atoms with van der Waals surface area (Å²) in [5.41, 5.74) is 1.34. The number of halogens is 2. The van der Waals surface area contributed by atoms with Crippen LogP contribution in [0.5, 0.6) is 0 Å². The average molecular weight is 555 g/mol. The van der Waals surface area contributed by atoms with E-state index in [-0.39, 0.29) is 28.8 Å². The summed E-state index contributed by atoms with van der Waals surface area (Å²) in [4.78, 5) is 50.2. The lowest BCUT2D eigenvalue weighted by atomic mass is 10.1. The molecule has 192 valence electrons. The molecular weight excluding hydrogens is 531 g/mol. The summed E-state index contributed by atoms with van der Waals surface area (Å²) in [5, 5.41) is 17.1. The Labute approximate surface area is 221 Å². The van der Waals surface area contributed by atoms with Crippen LogP contribution in [0, 0.1) is 0 Å². The van der Waals surface area contributed by atoms with Gasteiger partial charge in [-0.2, -0.15) is 0 Å². The summed E-state index contributed by atoms with van der Waals surface area (Å²) in [6.45, 7) is 2.18. The van der Waals surface area contributed by atoms with E-state index in [2.05, 4.69) is 16.0 Å². The average Bonchev–Trinajstić information content (AvgIpc) is 3.33. The Morgan fingerprint density at radius 1 is 1.11 bits per heavy atom. The number of amides is 4. The Hall–Kier alpha value is -3.15. The van der Waals surface area contributed by atoms with Crippen LogP contribution >= 0.6 is 35.0 Å². The third kappa shape index (κ3) is 7.19. The first-order chi connectivity index (χ1) is 17.2. The molecule has 3 rings (SSSR count). The van der Waals surface area contributed by atoms with Crippen molar-refractivity contribution < 1.29 is 29.0 Å². The Bertz CT molecular complexity index is 1110. The molecule has 2 atom stereocenters. The van der Waals surface area contributed by atoms with Crippen molar-refractivity contribution >= 4 is 70.3 Å². The van der Waals surface area contributed by atoms with Gasteiger partial charge in [-0.3, -0.25) is 9.69 Å². The summed E-state index contributed by atoms with van der Waals surface area (Å²) in [5.74, 6) is -1.25. The maximum Gasteiger partial charge on any atom is 0.411 e. The highest BCUT2D eigenvalue weighted by Crippen LogP contribution is 2.30. The zero-order valence-electron chi connectivity index (χ0n) is 19.1. The number of carbonyl (C=O) groups is 4. The third-order valence-corrected chi connectivity index (χ3v) is 6.92. The first-order valence-corrected chi connectivity index (χ1v) is 12.7. The van der Waals surface area contributed by atoms with Gasteiger partial charge in [-0.25, -0.2) is 14.4 Å². The number of nitrogens with zero attached hydrogens (tertiary/aromatic N) is 1. The molecule has 1 saturated heterocycles. The zero-order valence-corrected chi connectivity index (χ0v) is 21.5. The fraction of sp³-hybridized carbons (Fsp3) is 0.304. The van der Waals surface area contributed by atoms with Crippen molar-refractivity contribution in [1.82, 2.24) is 10.2 Å². The molecule has 2 aromatic rings. The van der Waals surface area contributed by atoms with Crippen LogP contribution in [0.15, 0.2) is 42.5 Å². The predicted molar refractivity (Wildman–Crippen MR) is 139 cm³/mol. The topological polar surface area (TPSA) is 137 Å². The second kappa shape index (κ2) is 12.7. The van der Waals surface area contributed by atoms with Crippen LogP contribution in [-0.2, 0) is 20.7 Å². The molecular formula is C23H24Cl2N4O6S. The number of carboxylic acid groups (broad SMARTS) is 1. The molecule has 2 aromatic carbocycles. The molecule has 0 bridgehead atoms. The summed E-state index contributed by atoms with van der Waals surface area (Å²) in [6.07, 6.45) is -0.613. The number of rotatable bonds is 8. The molecule has 1 aliphatic rings. The van der Waals surface area contributed by atoms with Crippen molar-refractivity contribution in [3.63, 3.8) is 0 Å². The third-order valence-electron chi connectivity index (χ3n) is 5.09. The smallest absolute Gasteiger partial charge is 0.411 e. The van der Waals surface area contributed by atoms with Gasteiger partial charge in [-0.1, -0.05) is 41.4 Å². The van der Waals surface area contributed by atoms with Crippen molar-refractivity contribution in [2.45, 2.75) is 24.8 Å². The Balaban J connectivity index is 1.59. The second-order valence-electron chi connectivity index (χ2n) is 7.59. The number of carbonyl (C=O) groups excluding carboxylic acids is 3. The lowest BCUT2D eigenvalue weighted by Gasteiger charge is -2.24. The number of urea groups is 1. The van der Waals surface area contributed by atoms with E-state index < -0.39 is 35.4 Å². The SMILES string of the molecule is CCOC(=O)N1CCSC1C(=O)N[C@@H](Cc1ccc(NC(=O)Nc2c(Cl)cccc2Cl)cc1)C(=O)O. The number of nitrogens with one attached hydrogen (secondary N) is 3. The van der Waals surface area contributed by atoms with Gasteiger partial charge in [0.25, 0.3) is 5.91 Å². The van der Waals surface area contributed by atoms with E-state index >= 15 is 0 Å². The molecule has 36 heavy (non-hydrogen) atoms. The van der Waals surface area contributed by atoms with Crippen LogP contribution in [0.1, 0.15) is 12.5 Å². The molecule has 0 aliphatic carbocycles. The molecule has 1 aliphatic heterocycles. The van der Waals surface area contributed by atoms with E-state index in [1.165, 1.54) is 16.7 Å². The van der Waals surface area contributed by atoms with Crippen LogP contribution in [0.25, 0.3) is 0 Å². The van der Waals surface area contributed by atoms with E-state index in [1.54, 1.807) is 49.4 Å². The van der Waals surface area contributed by atoms with Crippen molar-refractivity contribution in [3.05, 3.63) is 58.1 Å². The van der Waals surface area contributed by atoms with Crippen LogP contribution < -0.4 is 16.0 Å². The Morgan fingerprint density at radius 3 is 2.39 bits per heavy atom. The number of hydrogen-bond donors (Lipinski definition) is 4. The van der Waals surface area contributed by atoms with Gasteiger partial charge in [0, 0.05) is 24.4 Å². The maximum atomic E-state index is 12.7. The van der Waals surface area contributed by atoms with E-state index in [0.29, 0.717) is 23.5 Å². The molecule has 0 spiro atoms. The quantitative estimate of drug-likeness (QED) is 0.382. The molecule has 4 amide bonds. The van der Waals surface area contributed by atoms with E-state index in [9.17, 15) is 24.3 Å². The van der Waals surface area contributed by atoms with Crippen LogP contribution in [-0.4, -0.2) is 64.3 Å². The van der Waals surface area contributed by atoms with Gasteiger partial charge in [0.05, 0.1) is 22.3 Å². The van der Waals surface area contributed by atoms with Gasteiger partial charge in [-0.15, -0.1) is 11.8 Å². The van der Waals surface area contributed by atoms with Crippen LogP contribution in [0.3, 0.4) is 0 Å². The molecule has 0 radical (unpaired) electrons. The second-order valence-corrected chi connectivity index (χ2v) is 9.59. The lowest BCUT2D eigenvalue weighted by Crippen LogP contribution is -2.50. The maximum absolute atomic E-state index is 12.7. The van der Waals surface area contributed by atoms with Crippen LogP contribution in [0.2, 0.25) is 10.0 Å². The molecule has 1 unspecified atom stereocenters. The monoisotopic (exact) mass is 554 g/mol. The normalized spacial score (nSPS) is 15.6. The molecule has 0 saturated carbocycles. The number of para-hydroxylation sites is 1. The van der Waals surface area contributed by atoms with Gasteiger partial charge < -0.3 is 25.8 Å². The summed E-state index contributed by atoms with van der Waals surface area (Å²) in [7, 11) is 0. The molecule has 1 heterocycles.